The third-order valence-electron chi connectivity index (χ3n) is 14.7. The summed E-state index contributed by atoms with van der Waals surface area (Å²) in [7, 11) is 0. The molecule has 17 unspecified atom stereocenters. The van der Waals surface area contributed by atoms with E-state index in [0.29, 0.717) is 12.8 Å². The molecule has 12 N–H and O–H groups in total. The van der Waals surface area contributed by atoms with Crippen LogP contribution in [0.3, 0.4) is 0 Å². The quantitative estimate of drug-likeness (QED) is 0.0295. The van der Waals surface area contributed by atoms with E-state index in [2.05, 4.69) is 36.5 Å². The van der Waals surface area contributed by atoms with Crippen molar-refractivity contribution in [2.75, 3.05) is 26.4 Å². The number of ether oxygens (including phenoxy) is 6. The van der Waals surface area contributed by atoms with Crippen LogP contribution in [0.4, 0.5) is 0 Å². The molecule has 0 radical (unpaired) electrons. The zero-order chi connectivity index (χ0) is 55.5. The molecule has 444 valence electrons. The average Bonchev–Trinajstić information content (AvgIpc) is 3.42. The first kappa shape index (κ1) is 68.3. The maximum absolute atomic E-state index is 12.9. The molecule has 3 aliphatic heterocycles. The SMILES string of the molecule is CCCCCCCCCCCCCCCCCCCC/C=C/CC/C=C/CC/C=C/C(O)C(COC1OC(CO)C(OC2OC(CO)C(OC3OC(CO)C(O)C(O)C3O)C(O)C2O)C(O)C1O)NC(=O)CCCCC. The number of hydrogen-bond acceptors (Lipinski definition) is 18. The normalized spacial score (nSPS) is 31.2. The van der Waals surface area contributed by atoms with Gasteiger partial charge in [0.2, 0.25) is 5.91 Å². The van der Waals surface area contributed by atoms with E-state index in [9.17, 15) is 61.0 Å². The molecule has 3 heterocycles. The number of unbranched alkanes of at least 4 members (excludes halogenated alkanes) is 22. The fourth-order valence-electron chi connectivity index (χ4n) is 9.81. The summed E-state index contributed by atoms with van der Waals surface area (Å²) in [5.74, 6) is -0.316. The number of amides is 1. The van der Waals surface area contributed by atoms with Crippen molar-refractivity contribution in [3.05, 3.63) is 36.5 Å². The first-order valence-corrected chi connectivity index (χ1v) is 29.2. The topological polar surface area (TPSA) is 307 Å². The second kappa shape index (κ2) is 41.1. The van der Waals surface area contributed by atoms with Crippen LogP contribution < -0.4 is 5.32 Å². The van der Waals surface area contributed by atoms with Crippen LogP contribution in [-0.4, -0.2) is 193 Å². The minimum absolute atomic E-state index is 0.217. The van der Waals surface area contributed by atoms with Crippen molar-refractivity contribution in [1.29, 1.82) is 0 Å². The first-order chi connectivity index (χ1) is 36.8. The van der Waals surface area contributed by atoms with Crippen LogP contribution in [0.15, 0.2) is 36.5 Å². The molecule has 0 spiro atoms. The third kappa shape index (κ3) is 25.2. The molecule has 0 aromatic heterocycles. The number of aliphatic hydroxyl groups excluding tert-OH is 11. The van der Waals surface area contributed by atoms with Crippen LogP contribution in [0.2, 0.25) is 0 Å². The van der Waals surface area contributed by atoms with Gasteiger partial charge in [0.25, 0.3) is 0 Å². The van der Waals surface area contributed by atoms with Gasteiger partial charge < -0.3 is 89.9 Å². The summed E-state index contributed by atoms with van der Waals surface area (Å²) in [6.45, 7) is 1.49. The molecule has 3 aliphatic rings. The predicted molar refractivity (Wildman–Crippen MR) is 286 cm³/mol. The minimum Gasteiger partial charge on any atom is -0.394 e. The van der Waals surface area contributed by atoms with Gasteiger partial charge in [-0.2, -0.15) is 0 Å². The van der Waals surface area contributed by atoms with Crippen molar-refractivity contribution >= 4 is 5.91 Å². The van der Waals surface area contributed by atoms with Crippen LogP contribution in [0.25, 0.3) is 0 Å². The zero-order valence-electron chi connectivity index (χ0n) is 46.0. The van der Waals surface area contributed by atoms with E-state index in [0.717, 1.165) is 38.5 Å². The van der Waals surface area contributed by atoms with Gasteiger partial charge in [-0.1, -0.05) is 172 Å². The Labute approximate surface area is 453 Å². The van der Waals surface area contributed by atoms with Gasteiger partial charge in [0, 0.05) is 6.42 Å². The summed E-state index contributed by atoms with van der Waals surface area (Å²) in [5, 5.41) is 119. The van der Waals surface area contributed by atoms with Gasteiger partial charge in [-0.25, -0.2) is 0 Å². The lowest BCUT2D eigenvalue weighted by Gasteiger charge is -2.48. The minimum atomic E-state index is -1.98. The molecule has 0 aromatic rings. The van der Waals surface area contributed by atoms with E-state index in [-0.39, 0.29) is 18.9 Å². The number of nitrogens with one attached hydrogen (secondary N) is 1. The molecule has 0 saturated carbocycles. The van der Waals surface area contributed by atoms with Crippen molar-refractivity contribution in [1.82, 2.24) is 5.32 Å². The molecule has 19 nitrogen and oxygen atoms in total. The van der Waals surface area contributed by atoms with E-state index in [1.807, 2.05) is 13.0 Å². The molecule has 76 heavy (non-hydrogen) atoms. The maximum atomic E-state index is 12.9. The lowest BCUT2D eigenvalue weighted by atomic mass is 9.96. The van der Waals surface area contributed by atoms with E-state index in [4.69, 9.17) is 28.4 Å². The number of rotatable bonds is 42. The van der Waals surface area contributed by atoms with Crippen molar-refractivity contribution in [2.24, 2.45) is 0 Å². The summed E-state index contributed by atoms with van der Waals surface area (Å²) in [6.07, 6.45) is 17.1. The Bertz CT molecular complexity index is 1540. The third-order valence-corrected chi connectivity index (χ3v) is 14.7. The van der Waals surface area contributed by atoms with Gasteiger partial charge in [-0.15, -0.1) is 0 Å². The van der Waals surface area contributed by atoms with Crippen LogP contribution in [0.5, 0.6) is 0 Å². The first-order valence-electron chi connectivity index (χ1n) is 29.2. The second-order valence-corrected chi connectivity index (χ2v) is 21.1. The molecule has 19 heteroatoms. The van der Waals surface area contributed by atoms with E-state index in [1.54, 1.807) is 6.08 Å². The molecular formula is C57H103NO18. The molecule has 0 aliphatic carbocycles. The highest BCUT2D eigenvalue weighted by Gasteiger charge is 2.53. The molecule has 3 fully saturated rings. The fourth-order valence-corrected chi connectivity index (χ4v) is 9.81. The van der Waals surface area contributed by atoms with E-state index < -0.39 is 124 Å². The monoisotopic (exact) mass is 1090 g/mol. The van der Waals surface area contributed by atoms with Gasteiger partial charge in [-0.3, -0.25) is 4.79 Å². The zero-order valence-corrected chi connectivity index (χ0v) is 46.0. The Morgan fingerprint density at radius 1 is 0.461 bits per heavy atom. The predicted octanol–water partition coefficient (Wildman–Crippen LogP) is 4.54. The van der Waals surface area contributed by atoms with Gasteiger partial charge in [0.1, 0.15) is 73.2 Å². The highest BCUT2D eigenvalue weighted by atomic mass is 16.8. The number of allylic oxidation sites excluding steroid dienone is 5. The Balaban J connectivity index is 1.37. The molecular weight excluding hydrogens is 987 g/mol. The summed E-state index contributed by atoms with van der Waals surface area (Å²) in [4.78, 5) is 12.9. The van der Waals surface area contributed by atoms with Crippen LogP contribution >= 0.6 is 0 Å². The number of carbonyl (C=O) groups is 1. The molecule has 1 amide bonds. The maximum Gasteiger partial charge on any atom is 0.220 e. The Hall–Kier alpha value is -1.99. The summed E-state index contributed by atoms with van der Waals surface area (Å²) in [6, 6.07) is -0.989. The number of hydrogen-bond donors (Lipinski definition) is 12. The summed E-state index contributed by atoms with van der Waals surface area (Å²) in [5.41, 5.74) is 0. The van der Waals surface area contributed by atoms with E-state index >= 15 is 0 Å². The van der Waals surface area contributed by atoms with Crippen LogP contribution in [-0.2, 0) is 33.2 Å². The average molecular weight is 1090 g/mol. The Morgan fingerprint density at radius 2 is 0.842 bits per heavy atom. The number of carbonyl (C=O) groups excluding carboxylic acids is 1. The molecule has 3 saturated heterocycles. The fraction of sp³-hybridized carbons (Fsp3) is 0.877. The van der Waals surface area contributed by atoms with E-state index in [1.165, 1.54) is 116 Å². The molecule has 0 aromatic carbocycles. The van der Waals surface area contributed by atoms with Crippen molar-refractivity contribution < 1.29 is 89.4 Å². The highest BCUT2D eigenvalue weighted by molar-refractivity contribution is 5.76. The van der Waals surface area contributed by atoms with Gasteiger partial charge >= 0.3 is 0 Å². The van der Waals surface area contributed by atoms with Gasteiger partial charge in [-0.05, 0) is 44.9 Å². The molecule has 3 rings (SSSR count). The van der Waals surface area contributed by atoms with Gasteiger partial charge in [0.05, 0.1) is 38.6 Å². The molecule has 0 bridgehead atoms. The Kier molecular flexibility index (Phi) is 36.9. The van der Waals surface area contributed by atoms with Crippen LogP contribution in [0.1, 0.15) is 187 Å². The van der Waals surface area contributed by atoms with Gasteiger partial charge in [0.15, 0.2) is 18.9 Å². The van der Waals surface area contributed by atoms with Crippen molar-refractivity contribution in [2.45, 2.75) is 291 Å². The lowest BCUT2D eigenvalue weighted by Crippen LogP contribution is -2.66. The Morgan fingerprint density at radius 3 is 1.32 bits per heavy atom. The smallest absolute Gasteiger partial charge is 0.220 e. The molecule has 17 atom stereocenters. The van der Waals surface area contributed by atoms with Crippen molar-refractivity contribution in [3.63, 3.8) is 0 Å². The summed E-state index contributed by atoms with van der Waals surface area (Å²) >= 11 is 0. The van der Waals surface area contributed by atoms with Crippen molar-refractivity contribution in [3.8, 4) is 0 Å². The summed E-state index contributed by atoms with van der Waals surface area (Å²) < 4.78 is 34.0. The second-order valence-electron chi connectivity index (χ2n) is 21.1. The lowest BCUT2D eigenvalue weighted by molar-refractivity contribution is -0.379. The standard InChI is InChI=1S/C57H103NO18/c1-3-5-7-8-9-10-11-12-13-14-15-16-17-18-19-20-21-22-23-24-25-26-27-28-29-30-31-33-34-41(62)40(58-45(63)35-32-6-4-2)39-71-55-51(69)48(66)53(43(37-60)73-55)76-57-52(70)49(67)54(44(38-61)74-57)75-56-50(68)47(65)46(64)42(36-59)72-56/h24-25,28-29,33-34,40-44,46-57,59-62,64-70H,3-23,26-27,30-32,35-39H2,1-2H3,(H,58,63)/b25-24+,29-28+,34-33+. The number of aliphatic hydroxyl groups is 11. The highest BCUT2D eigenvalue weighted by Crippen LogP contribution is 2.33. The van der Waals surface area contributed by atoms with Crippen LogP contribution in [0, 0.1) is 0 Å². The largest absolute Gasteiger partial charge is 0.394 e.